The number of hydrogen-bond acceptors (Lipinski definition) is 2. The summed E-state index contributed by atoms with van der Waals surface area (Å²) >= 11 is 0. The average Bonchev–Trinajstić information content (AvgIpc) is 3.05. The molecule has 0 unspecified atom stereocenters. The molecule has 1 heterocycles. The van der Waals surface area contributed by atoms with Crippen molar-refractivity contribution < 1.29 is 13.2 Å². The first kappa shape index (κ1) is 21.5. The zero-order chi connectivity index (χ0) is 20.0. The lowest BCUT2D eigenvalue weighted by Crippen LogP contribution is -2.19. The molecule has 0 radical (unpaired) electrons. The van der Waals surface area contributed by atoms with Crippen molar-refractivity contribution >= 4 is 0 Å². The van der Waals surface area contributed by atoms with E-state index in [1.807, 2.05) is 13.1 Å². The normalized spacial score (nSPS) is 12.3. The highest BCUT2D eigenvalue weighted by atomic mass is 19.4. The molecule has 1 N–H and O–H groups in total. The van der Waals surface area contributed by atoms with Crippen molar-refractivity contribution in [3.63, 3.8) is 0 Å². The molecule has 0 aliphatic heterocycles. The predicted octanol–water partition coefficient (Wildman–Crippen LogP) is 5.92. The van der Waals surface area contributed by atoms with Gasteiger partial charge in [-0.1, -0.05) is 27.2 Å². The Balaban J connectivity index is 2.34. The van der Waals surface area contributed by atoms with E-state index < -0.39 is 11.7 Å². The predicted molar refractivity (Wildman–Crippen MR) is 103 cm³/mol. The third-order valence-electron chi connectivity index (χ3n) is 4.67. The zero-order valence-electron chi connectivity index (χ0n) is 16.7. The van der Waals surface area contributed by atoms with E-state index in [1.165, 1.54) is 12.1 Å². The number of alkyl halides is 3. The highest BCUT2D eigenvalue weighted by Gasteiger charge is 2.31. The number of unbranched alkanes of at least 4 members (excludes halogenated alkanes) is 1. The van der Waals surface area contributed by atoms with Crippen molar-refractivity contribution in [3.05, 3.63) is 41.1 Å². The maximum Gasteiger partial charge on any atom is 0.416 e. The van der Waals surface area contributed by atoms with Gasteiger partial charge in [0.1, 0.15) is 0 Å². The SMILES string of the molecule is CCCCN(C)Cc1cn[nH]c1-c1cc(CCC(C)C)cc(C(F)(F)F)c1. The summed E-state index contributed by atoms with van der Waals surface area (Å²) in [5.74, 6) is 0.443. The zero-order valence-corrected chi connectivity index (χ0v) is 16.7. The Hall–Kier alpha value is -1.82. The van der Waals surface area contributed by atoms with E-state index in [0.717, 1.165) is 31.4 Å². The smallest absolute Gasteiger partial charge is 0.302 e. The molecule has 0 saturated heterocycles. The molecule has 0 fully saturated rings. The third-order valence-corrected chi connectivity index (χ3v) is 4.67. The van der Waals surface area contributed by atoms with Crippen LogP contribution in [0.25, 0.3) is 11.3 Å². The number of aryl methyl sites for hydroxylation is 1. The maximum atomic E-state index is 13.4. The molecule has 0 bridgehead atoms. The van der Waals surface area contributed by atoms with Gasteiger partial charge in [-0.15, -0.1) is 0 Å². The fourth-order valence-corrected chi connectivity index (χ4v) is 3.08. The van der Waals surface area contributed by atoms with Crippen LogP contribution in [0.15, 0.2) is 24.4 Å². The quantitative estimate of drug-likeness (QED) is 0.585. The van der Waals surface area contributed by atoms with Crippen LogP contribution in [-0.4, -0.2) is 28.7 Å². The van der Waals surface area contributed by atoms with Crippen LogP contribution in [0.2, 0.25) is 0 Å². The second-order valence-corrected chi connectivity index (χ2v) is 7.71. The van der Waals surface area contributed by atoms with Gasteiger partial charge in [0.2, 0.25) is 0 Å². The average molecular weight is 381 g/mol. The van der Waals surface area contributed by atoms with Crippen LogP contribution in [0.3, 0.4) is 0 Å². The molecule has 3 nitrogen and oxygen atoms in total. The highest BCUT2D eigenvalue weighted by molar-refractivity contribution is 5.65. The van der Waals surface area contributed by atoms with E-state index in [4.69, 9.17) is 0 Å². The Morgan fingerprint density at radius 3 is 2.56 bits per heavy atom. The first-order valence-corrected chi connectivity index (χ1v) is 9.63. The molecule has 2 rings (SSSR count). The first-order chi connectivity index (χ1) is 12.7. The van der Waals surface area contributed by atoms with Crippen molar-refractivity contribution in [1.29, 1.82) is 0 Å². The summed E-state index contributed by atoms with van der Waals surface area (Å²) in [7, 11) is 2.02. The standard InChI is InChI=1S/C21H30F3N3/c1-5-6-9-27(4)14-18-13-25-26-20(18)17-10-16(8-7-15(2)3)11-19(12-17)21(22,23)24/h10-13,15H,5-9,14H2,1-4H3,(H,25,26). The second-order valence-electron chi connectivity index (χ2n) is 7.71. The molecule has 1 aromatic heterocycles. The van der Waals surface area contributed by atoms with Gasteiger partial charge in [0.05, 0.1) is 17.5 Å². The number of hydrogen-bond donors (Lipinski definition) is 1. The summed E-state index contributed by atoms with van der Waals surface area (Å²) in [4.78, 5) is 2.17. The van der Waals surface area contributed by atoms with Crippen molar-refractivity contribution in [2.24, 2.45) is 5.92 Å². The monoisotopic (exact) mass is 381 g/mol. The van der Waals surface area contributed by atoms with Gasteiger partial charge >= 0.3 is 6.18 Å². The van der Waals surface area contributed by atoms with Gasteiger partial charge in [-0.3, -0.25) is 5.10 Å². The summed E-state index contributed by atoms with van der Waals surface area (Å²) in [5, 5.41) is 7.00. The Bertz CT molecular complexity index is 720. The largest absolute Gasteiger partial charge is 0.416 e. The molecule has 0 aliphatic rings. The fourth-order valence-electron chi connectivity index (χ4n) is 3.08. The third kappa shape index (κ3) is 6.38. The Kier molecular flexibility index (Phi) is 7.48. The highest BCUT2D eigenvalue weighted by Crippen LogP contribution is 2.34. The number of aromatic amines is 1. The van der Waals surface area contributed by atoms with E-state index in [0.29, 0.717) is 35.7 Å². The van der Waals surface area contributed by atoms with E-state index in [-0.39, 0.29) is 0 Å². The molecular weight excluding hydrogens is 351 g/mol. The van der Waals surface area contributed by atoms with Gasteiger partial charge in [-0.05, 0) is 62.5 Å². The molecule has 0 spiro atoms. The van der Waals surface area contributed by atoms with Crippen molar-refractivity contribution in [2.75, 3.05) is 13.6 Å². The molecular formula is C21H30F3N3. The minimum Gasteiger partial charge on any atom is -0.302 e. The van der Waals surface area contributed by atoms with E-state index in [1.54, 1.807) is 6.20 Å². The minimum absolute atomic E-state index is 0.443. The molecule has 0 saturated carbocycles. The van der Waals surface area contributed by atoms with Crippen LogP contribution in [0.4, 0.5) is 13.2 Å². The van der Waals surface area contributed by atoms with Crippen LogP contribution in [0.1, 0.15) is 56.7 Å². The lowest BCUT2D eigenvalue weighted by molar-refractivity contribution is -0.137. The number of benzene rings is 1. The summed E-state index contributed by atoms with van der Waals surface area (Å²) in [6.45, 7) is 7.90. The van der Waals surface area contributed by atoms with E-state index in [2.05, 4.69) is 35.9 Å². The van der Waals surface area contributed by atoms with Gasteiger partial charge in [0.25, 0.3) is 0 Å². The number of nitrogens with one attached hydrogen (secondary N) is 1. The summed E-state index contributed by atoms with van der Waals surface area (Å²) in [6.07, 6.45) is 1.04. The molecule has 0 atom stereocenters. The number of halogens is 3. The van der Waals surface area contributed by atoms with Crippen molar-refractivity contribution in [1.82, 2.24) is 15.1 Å². The molecule has 27 heavy (non-hydrogen) atoms. The first-order valence-electron chi connectivity index (χ1n) is 9.63. The minimum atomic E-state index is -4.36. The number of H-pyrrole nitrogens is 1. The maximum absolute atomic E-state index is 13.4. The molecule has 2 aromatic rings. The molecule has 0 aliphatic carbocycles. The summed E-state index contributed by atoms with van der Waals surface area (Å²) < 4.78 is 40.2. The van der Waals surface area contributed by atoms with E-state index in [9.17, 15) is 13.2 Å². The van der Waals surface area contributed by atoms with Crippen LogP contribution in [-0.2, 0) is 19.1 Å². The van der Waals surface area contributed by atoms with Crippen LogP contribution in [0.5, 0.6) is 0 Å². The van der Waals surface area contributed by atoms with Gasteiger partial charge < -0.3 is 4.90 Å². The second kappa shape index (κ2) is 9.40. The van der Waals surface area contributed by atoms with Crippen molar-refractivity contribution in [2.45, 2.75) is 59.2 Å². The van der Waals surface area contributed by atoms with Gasteiger partial charge in [-0.25, -0.2) is 0 Å². The van der Waals surface area contributed by atoms with E-state index >= 15 is 0 Å². The summed E-state index contributed by atoms with van der Waals surface area (Å²) in [6, 6.07) is 4.36. The van der Waals surface area contributed by atoms with Crippen LogP contribution < -0.4 is 0 Å². The Morgan fingerprint density at radius 1 is 1.19 bits per heavy atom. The topological polar surface area (TPSA) is 31.9 Å². The molecule has 1 aromatic carbocycles. The number of nitrogens with zero attached hydrogens (tertiary/aromatic N) is 2. The van der Waals surface area contributed by atoms with Gasteiger partial charge in [-0.2, -0.15) is 18.3 Å². The number of aromatic nitrogens is 2. The van der Waals surface area contributed by atoms with Gasteiger partial charge in [0.15, 0.2) is 0 Å². The lowest BCUT2D eigenvalue weighted by atomic mass is 9.96. The Labute approximate surface area is 160 Å². The van der Waals surface area contributed by atoms with Gasteiger partial charge in [0, 0.05) is 17.7 Å². The fraction of sp³-hybridized carbons (Fsp3) is 0.571. The summed E-state index contributed by atoms with van der Waals surface area (Å²) in [5.41, 5.74) is 2.27. The van der Waals surface area contributed by atoms with Crippen LogP contribution >= 0.6 is 0 Å². The van der Waals surface area contributed by atoms with Crippen molar-refractivity contribution in [3.8, 4) is 11.3 Å². The molecule has 0 amide bonds. The molecule has 6 heteroatoms. The number of rotatable bonds is 9. The van der Waals surface area contributed by atoms with Crippen LogP contribution in [0, 0.1) is 5.92 Å². The lowest BCUT2D eigenvalue weighted by Gasteiger charge is -2.17. The molecule has 150 valence electrons. The Morgan fingerprint density at radius 2 is 1.93 bits per heavy atom.